The molecule has 1 heterocycles. The van der Waals surface area contributed by atoms with E-state index in [4.69, 9.17) is 32.5 Å². The number of rotatable bonds is 11. The van der Waals surface area contributed by atoms with Crippen molar-refractivity contribution in [2.75, 3.05) is 20.3 Å². The Morgan fingerprint density at radius 3 is 2.41 bits per heavy atom. The Labute approximate surface area is 261 Å². The van der Waals surface area contributed by atoms with E-state index in [0.29, 0.717) is 21.6 Å². The molecule has 3 aromatic carbocycles. The normalized spacial score (nSPS) is 11.8. The number of halogens is 4. The summed E-state index contributed by atoms with van der Waals surface area (Å²) >= 11 is 7.37. The maximum atomic E-state index is 15.0. The Morgan fingerprint density at radius 2 is 1.77 bits per heavy atom. The molecule has 0 aliphatic rings. The van der Waals surface area contributed by atoms with Crippen LogP contribution in [0.3, 0.4) is 0 Å². The molecule has 0 radical (unpaired) electrons. The quantitative estimate of drug-likeness (QED) is 0.0802. The van der Waals surface area contributed by atoms with Crippen molar-refractivity contribution in [3.63, 3.8) is 0 Å². The second-order valence-corrected chi connectivity index (χ2v) is 11.3. The van der Waals surface area contributed by atoms with Gasteiger partial charge in [0.05, 0.1) is 30.6 Å². The number of amides is 2. The number of guanidine groups is 1. The number of aromatic nitrogens is 2. The van der Waals surface area contributed by atoms with Crippen LogP contribution >= 0.6 is 23.4 Å². The molecule has 5 N–H and O–H groups in total. The minimum absolute atomic E-state index is 0.0144. The van der Waals surface area contributed by atoms with Crippen LogP contribution in [-0.2, 0) is 11.2 Å². The van der Waals surface area contributed by atoms with Crippen LogP contribution in [0.25, 0.3) is 5.69 Å². The zero-order chi connectivity index (χ0) is 32.0. The fourth-order valence-corrected chi connectivity index (χ4v) is 5.55. The number of nitrogens with two attached hydrogens (primary N) is 2. The average molecular weight is 647 g/mol. The number of ether oxygens (including phenoxy) is 2. The van der Waals surface area contributed by atoms with Gasteiger partial charge in [0.25, 0.3) is 0 Å². The summed E-state index contributed by atoms with van der Waals surface area (Å²) in [6.45, 7) is 3.95. The molecule has 2 amide bonds. The van der Waals surface area contributed by atoms with Crippen LogP contribution in [0.15, 0.2) is 70.9 Å². The number of thioether (sulfide) groups is 1. The van der Waals surface area contributed by atoms with E-state index in [1.54, 1.807) is 24.4 Å². The highest BCUT2D eigenvalue weighted by Gasteiger charge is 2.30. The summed E-state index contributed by atoms with van der Waals surface area (Å²) in [5, 5.41) is 3.00. The molecule has 232 valence electrons. The third-order valence-corrected chi connectivity index (χ3v) is 7.97. The van der Waals surface area contributed by atoms with E-state index in [0.717, 1.165) is 35.2 Å². The largest absolute Gasteiger partial charge is 0.495 e. The Morgan fingerprint density at radius 1 is 1.09 bits per heavy atom. The summed E-state index contributed by atoms with van der Waals surface area (Å²) in [5.74, 6) is -1.85. The first-order chi connectivity index (χ1) is 20.9. The van der Waals surface area contributed by atoms with Crippen molar-refractivity contribution in [3.8, 4) is 17.2 Å². The number of hydrogen-bond acceptors (Lipinski definition) is 6. The number of carbonyl (C=O) groups is 1. The predicted molar refractivity (Wildman–Crippen MR) is 164 cm³/mol. The molecular formula is C30H30ClF3N6O3S. The minimum Gasteiger partial charge on any atom is -0.495 e. The van der Waals surface area contributed by atoms with Crippen LogP contribution < -0.4 is 26.3 Å². The molecule has 0 saturated carbocycles. The second-order valence-electron chi connectivity index (χ2n) is 9.97. The van der Waals surface area contributed by atoms with E-state index < -0.39 is 28.9 Å². The van der Waals surface area contributed by atoms with Gasteiger partial charge in [0, 0.05) is 34.6 Å². The van der Waals surface area contributed by atoms with Crippen LogP contribution in [0.2, 0.25) is 5.02 Å². The highest BCUT2D eigenvalue weighted by molar-refractivity contribution is 7.98. The van der Waals surface area contributed by atoms with Crippen molar-refractivity contribution in [1.82, 2.24) is 14.9 Å². The predicted octanol–water partition coefficient (Wildman–Crippen LogP) is 5.93. The zero-order valence-electron chi connectivity index (χ0n) is 24.0. The molecule has 0 spiro atoms. The summed E-state index contributed by atoms with van der Waals surface area (Å²) < 4.78 is 56.6. The van der Waals surface area contributed by atoms with Crippen molar-refractivity contribution in [2.45, 2.75) is 30.2 Å². The molecule has 14 heteroatoms. The number of urea groups is 1. The molecule has 0 atom stereocenters. The molecule has 4 aromatic rings. The van der Waals surface area contributed by atoms with Gasteiger partial charge in [0.2, 0.25) is 0 Å². The molecule has 0 aliphatic heterocycles. The summed E-state index contributed by atoms with van der Waals surface area (Å²) in [6.07, 6.45) is 1.69. The Bertz CT molecular complexity index is 1660. The molecule has 0 saturated heterocycles. The number of imidazole rings is 1. The summed E-state index contributed by atoms with van der Waals surface area (Å²) in [4.78, 5) is 19.2. The van der Waals surface area contributed by atoms with Crippen molar-refractivity contribution >= 4 is 35.4 Å². The second kappa shape index (κ2) is 14.0. The first-order valence-corrected chi connectivity index (χ1v) is 14.5. The number of carbonyl (C=O) groups excluding carboxylic acids is 1. The molecule has 0 bridgehead atoms. The van der Waals surface area contributed by atoms with Crippen molar-refractivity contribution < 1.29 is 27.4 Å². The number of benzene rings is 3. The van der Waals surface area contributed by atoms with Gasteiger partial charge >= 0.3 is 6.03 Å². The number of methoxy groups -OCH3 is 1. The average Bonchev–Trinajstić information content (AvgIpc) is 3.40. The fourth-order valence-electron chi connectivity index (χ4n) is 4.35. The number of hydrogen-bond donors (Lipinski definition) is 3. The number of aliphatic imine (C=N–C) groups is 1. The van der Waals surface area contributed by atoms with Crippen molar-refractivity contribution in [2.24, 2.45) is 16.5 Å². The van der Waals surface area contributed by atoms with E-state index in [2.05, 4.69) is 15.3 Å². The molecular weight excluding hydrogens is 617 g/mol. The first kappa shape index (κ1) is 32.6. The van der Waals surface area contributed by atoms with Crippen LogP contribution in [0.5, 0.6) is 11.5 Å². The first-order valence-electron chi connectivity index (χ1n) is 13.2. The fraction of sp³-hybridized carbons (Fsp3) is 0.233. The molecule has 4 rings (SSSR count). The zero-order valence-corrected chi connectivity index (χ0v) is 25.6. The summed E-state index contributed by atoms with van der Waals surface area (Å²) in [6, 6.07) is 12.6. The van der Waals surface area contributed by atoms with E-state index in [9.17, 15) is 9.18 Å². The number of primary amides is 1. The van der Waals surface area contributed by atoms with Crippen LogP contribution in [-0.4, -0.2) is 41.8 Å². The van der Waals surface area contributed by atoms with Gasteiger partial charge < -0.3 is 20.9 Å². The van der Waals surface area contributed by atoms with Gasteiger partial charge in [-0.1, -0.05) is 43.3 Å². The van der Waals surface area contributed by atoms with Gasteiger partial charge in [-0.25, -0.2) is 27.9 Å². The standard InChI is InChI=1S/C30H30ClF3N6O3S/c1-30(2,17-4-9-22(31)25(12-17)42-3)26-15-38-29(40(26)19-7-5-18(32)6-8-19)44-16-21-23(33)13-20(14-24(21)34)43-11-10-37-27(35)39-28(36)41/h4-9,12-15H,10-11,16H2,1-3H3,(H5,35,36,37,39,41). The Balaban J connectivity index is 1.59. The minimum atomic E-state index is -0.868. The van der Waals surface area contributed by atoms with Gasteiger partial charge in [0.15, 0.2) is 11.1 Å². The van der Waals surface area contributed by atoms with Gasteiger partial charge in [-0.15, -0.1) is 0 Å². The lowest BCUT2D eigenvalue weighted by atomic mass is 9.81. The molecule has 0 aliphatic carbocycles. The summed E-state index contributed by atoms with van der Waals surface area (Å²) in [7, 11) is 1.53. The lowest BCUT2D eigenvalue weighted by molar-refractivity contribution is 0.253. The van der Waals surface area contributed by atoms with E-state index in [1.165, 1.54) is 19.2 Å². The third kappa shape index (κ3) is 7.58. The van der Waals surface area contributed by atoms with Crippen LogP contribution in [0.4, 0.5) is 18.0 Å². The maximum Gasteiger partial charge on any atom is 0.318 e. The SMILES string of the molecule is COc1cc(C(C)(C)c2cnc(SCc3c(F)cc(OCCN=C(N)NC(N)=O)cc3F)n2-c2ccc(F)cc2)ccc1Cl. The van der Waals surface area contributed by atoms with Crippen molar-refractivity contribution in [1.29, 1.82) is 0 Å². The third-order valence-electron chi connectivity index (χ3n) is 6.68. The van der Waals surface area contributed by atoms with E-state index >= 15 is 8.78 Å². The van der Waals surface area contributed by atoms with E-state index in [-0.39, 0.29) is 36.2 Å². The highest BCUT2D eigenvalue weighted by atomic mass is 35.5. The van der Waals surface area contributed by atoms with Crippen molar-refractivity contribution in [3.05, 3.63) is 100 Å². The topological polar surface area (TPSA) is 130 Å². The van der Waals surface area contributed by atoms with Gasteiger partial charge in [-0.05, 0) is 42.0 Å². The highest BCUT2D eigenvalue weighted by Crippen LogP contribution is 2.39. The molecule has 0 unspecified atom stereocenters. The molecule has 0 fully saturated rings. The smallest absolute Gasteiger partial charge is 0.318 e. The van der Waals surface area contributed by atoms with Crippen LogP contribution in [0, 0.1) is 17.5 Å². The van der Waals surface area contributed by atoms with Gasteiger partial charge in [0.1, 0.15) is 35.6 Å². The number of nitrogens with one attached hydrogen (secondary N) is 1. The van der Waals surface area contributed by atoms with E-state index in [1.807, 2.05) is 30.5 Å². The molecule has 44 heavy (non-hydrogen) atoms. The monoisotopic (exact) mass is 646 g/mol. The van der Waals surface area contributed by atoms with Gasteiger partial charge in [-0.3, -0.25) is 9.88 Å². The summed E-state index contributed by atoms with van der Waals surface area (Å²) in [5.41, 5.74) is 11.8. The number of nitrogens with zero attached hydrogens (tertiary/aromatic N) is 3. The molecule has 9 nitrogen and oxygen atoms in total. The van der Waals surface area contributed by atoms with Gasteiger partial charge in [-0.2, -0.15) is 0 Å². The Hall–Kier alpha value is -4.36. The Kier molecular flexibility index (Phi) is 10.3. The lowest BCUT2D eigenvalue weighted by Gasteiger charge is -2.28. The maximum absolute atomic E-state index is 15.0. The molecule has 1 aromatic heterocycles. The van der Waals surface area contributed by atoms with Crippen LogP contribution in [0.1, 0.15) is 30.7 Å². The lowest BCUT2D eigenvalue weighted by Crippen LogP contribution is -2.40.